The van der Waals surface area contributed by atoms with E-state index in [1.807, 2.05) is 13.8 Å². The Hall–Kier alpha value is -3.21. The van der Waals surface area contributed by atoms with Crippen molar-refractivity contribution in [2.45, 2.75) is 51.6 Å². The van der Waals surface area contributed by atoms with Gasteiger partial charge in [-0.1, -0.05) is 26.0 Å². The zero-order chi connectivity index (χ0) is 28.0. The monoisotopic (exact) mass is 550 g/mol. The molecule has 1 aliphatic heterocycles. The summed E-state index contributed by atoms with van der Waals surface area (Å²) in [7, 11) is -4.66. The molecule has 4 atom stereocenters. The maximum Gasteiger partial charge on any atom is 0.524 e. The van der Waals surface area contributed by atoms with Crippen molar-refractivity contribution in [2.24, 2.45) is 23.5 Å². The first-order valence-electron chi connectivity index (χ1n) is 12.5. The first-order chi connectivity index (χ1) is 17.8. The highest BCUT2D eigenvalue weighted by atomic mass is 31.2. The van der Waals surface area contributed by atoms with Crippen LogP contribution in [0.3, 0.4) is 0 Å². The lowest BCUT2D eigenvalue weighted by Crippen LogP contribution is -2.55. The van der Waals surface area contributed by atoms with E-state index in [2.05, 4.69) is 15.2 Å². The van der Waals surface area contributed by atoms with Crippen molar-refractivity contribution in [3.8, 4) is 5.75 Å². The van der Waals surface area contributed by atoms with E-state index in [0.717, 1.165) is 6.42 Å². The summed E-state index contributed by atoms with van der Waals surface area (Å²) in [6.45, 7) is 4.63. The molecule has 0 radical (unpaired) electrons. The Bertz CT molecular complexity index is 1120. The second-order valence-corrected chi connectivity index (χ2v) is 11.3. The molecule has 208 valence electrons. The number of likely N-dealkylation sites (tertiary alicyclic amines) is 1. The van der Waals surface area contributed by atoms with Crippen molar-refractivity contribution >= 4 is 37.5 Å². The standard InChI is InChI=1S/C25H35N4O8P/c1-15(2)12-20(28-22(31)10-7-16-5-8-18(9-6-16)37-38(34,35)36)25(33)29-14-17-13-19(17)23(29)24(32)27-11-3-4-21(26)30/h5-10,15,17,19-20,23H,3-4,11-14H2,1-2H3,(H2,26,30)(H,27,32)(H,28,31)(H2,34,35,36)/b10-7+/t17-,19-,20+,23+/m1/s1. The number of fused-ring (bicyclic) bond motifs is 1. The van der Waals surface area contributed by atoms with Crippen LogP contribution in [-0.4, -0.2) is 63.5 Å². The highest BCUT2D eigenvalue weighted by molar-refractivity contribution is 7.46. The van der Waals surface area contributed by atoms with Crippen LogP contribution in [0.5, 0.6) is 5.75 Å². The van der Waals surface area contributed by atoms with Gasteiger partial charge in [0.05, 0.1) is 0 Å². The smallest absolute Gasteiger partial charge is 0.404 e. The predicted octanol–water partition coefficient (Wildman–Crippen LogP) is 0.931. The summed E-state index contributed by atoms with van der Waals surface area (Å²) in [5.74, 6) is -1.03. The first kappa shape index (κ1) is 29.3. The molecule has 0 bridgehead atoms. The number of hydrogen-bond donors (Lipinski definition) is 5. The molecular formula is C25H35N4O8P. The van der Waals surface area contributed by atoms with Crippen LogP contribution in [0.4, 0.5) is 0 Å². The quantitative estimate of drug-likeness (QED) is 0.136. The van der Waals surface area contributed by atoms with Gasteiger partial charge >= 0.3 is 7.82 Å². The van der Waals surface area contributed by atoms with E-state index in [1.165, 1.54) is 36.4 Å². The number of carbonyl (C=O) groups is 4. The topological polar surface area (TPSA) is 188 Å². The molecule has 1 aromatic rings. The Morgan fingerprint density at radius 2 is 1.89 bits per heavy atom. The zero-order valence-corrected chi connectivity index (χ0v) is 22.3. The van der Waals surface area contributed by atoms with Gasteiger partial charge in [-0.25, -0.2) is 4.57 Å². The molecule has 38 heavy (non-hydrogen) atoms. The number of primary amides is 1. The first-order valence-corrected chi connectivity index (χ1v) is 14.1. The fraction of sp³-hybridized carbons (Fsp3) is 0.520. The molecule has 2 fully saturated rings. The summed E-state index contributed by atoms with van der Waals surface area (Å²) in [6.07, 6.45) is 4.63. The van der Waals surface area contributed by atoms with E-state index in [4.69, 9.17) is 15.5 Å². The summed E-state index contributed by atoms with van der Waals surface area (Å²) < 4.78 is 15.4. The maximum atomic E-state index is 13.5. The lowest BCUT2D eigenvalue weighted by atomic mass is 10.0. The average Bonchev–Trinajstić information content (AvgIpc) is 3.48. The van der Waals surface area contributed by atoms with Crippen molar-refractivity contribution in [1.29, 1.82) is 0 Å². The number of carbonyl (C=O) groups excluding carboxylic acids is 4. The molecule has 1 heterocycles. The van der Waals surface area contributed by atoms with Gasteiger partial charge < -0.3 is 25.8 Å². The SMILES string of the molecule is CC(C)C[C@H](NC(=O)/C=C/c1ccc(OP(=O)(O)O)cc1)C(=O)N1C[C@H]2C[C@H]2[C@H]1C(=O)NCCCC(N)=O. The van der Waals surface area contributed by atoms with E-state index in [1.54, 1.807) is 4.90 Å². The number of nitrogens with zero attached hydrogens (tertiary/aromatic N) is 1. The van der Waals surface area contributed by atoms with Gasteiger partial charge in [0.15, 0.2) is 0 Å². The minimum Gasteiger partial charge on any atom is -0.404 e. The Morgan fingerprint density at radius 1 is 1.21 bits per heavy atom. The number of phosphoric acid groups is 1. The molecule has 0 unspecified atom stereocenters. The molecule has 0 aromatic heterocycles. The fourth-order valence-electron chi connectivity index (χ4n) is 4.67. The van der Waals surface area contributed by atoms with Crippen molar-refractivity contribution in [1.82, 2.24) is 15.5 Å². The van der Waals surface area contributed by atoms with Gasteiger partial charge in [-0.05, 0) is 60.8 Å². The molecule has 3 rings (SSSR count). The highest BCUT2D eigenvalue weighted by Gasteiger charge is 2.57. The van der Waals surface area contributed by atoms with E-state index >= 15 is 0 Å². The summed E-state index contributed by atoms with van der Waals surface area (Å²) in [6, 6.07) is 4.36. The number of nitrogens with one attached hydrogen (secondary N) is 2. The zero-order valence-electron chi connectivity index (χ0n) is 21.4. The normalized spacial score (nSPS) is 21.2. The van der Waals surface area contributed by atoms with Gasteiger partial charge in [0.1, 0.15) is 17.8 Å². The molecule has 6 N–H and O–H groups in total. The second-order valence-electron chi connectivity index (χ2n) is 10.1. The van der Waals surface area contributed by atoms with Crippen LogP contribution in [0.2, 0.25) is 0 Å². The maximum absolute atomic E-state index is 13.5. The fourth-order valence-corrected chi connectivity index (χ4v) is 5.07. The molecule has 1 saturated heterocycles. The van der Waals surface area contributed by atoms with Crippen LogP contribution in [0.15, 0.2) is 30.3 Å². The van der Waals surface area contributed by atoms with Crippen LogP contribution < -0.4 is 20.9 Å². The number of hydrogen-bond acceptors (Lipinski definition) is 6. The Morgan fingerprint density at radius 3 is 2.50 bits per heavy atom. The second kappa shape index (κ2) is 12.6. The van der Waals surface area contributed by atoms with Crippen molar-refractivity contribution in [3.63, 3.8) is 0 Å². The molecule has 0 spiro atoms. The van der Waals surface area contributed by atoms with Gasteiger partial charge in [0.25, 0.3) is 0 Å². The number of benzene rings is 1. The van der Waals surface area contributed by atoms with E-state index in [9.17, 15) is 23.7 Å². The molecule has 4 amide bonds. The molecule has 1 aliphatic carbocycles. The lowest BCUT2D eigenvalue weighted by molar-refractivity contribution is -0.142. The third-order valence-corrected chi connectivity index (χ3v) is 6.90. The van der Waals surface area contributed by atoms with Gasteiger partial charge in [-0.3, -0.25) is 29.0 Å². The number of nitrogens with two attached hydrogens (primary N) is 1. The minimum absolute atomic E-state index is 0.0161. The molecule has 13 heteroatoms. The van der Waals surface area contributed by atoms with E-state index in [-0.39, 0.29) is 41.7 Å². The average molecular weight is 551 g/mol. The number of phosphoric ester groups is 1. The summed E-state index contributed by atoms with van der Waals surface area (Å²) in [4.78, 5) is 69.3. The number of piperidine rings is 1. The van der Waals surface area contributed by atoms with Crippen molar-refractivity contribution < 1.29 is 38.1 Å². The van der Waals surface area contributed by atoms with Crippen LogP contribution in [0, 0.1) is 17.8 Å². The van der Waals surface area contributed by atoms with Gasteiger partial charge in [0, 0.05) is 25.6 Å². The van der Waals surface area contributed by atoms with Crippen LogP contribution in [0.25, 0.3) is 6.08 Å². The Labute approximate surface area is 221 Å². The predicted molar refractivity (Wildman–Crippen MR) is 138 cm³/mol. The lowest BCUT2D eigenvalue weighted by Gasteiger charge is -2.31. The minimum atomic E-state index is -4.66. The molecule has 1 saturated carbocycles. The van der Waals surface area contributed by atoms with Crippen LogP contribution >= 0.6 is 7.82 Å². The Balaban J connectivity index is 1.62. The summed E-state index contributed by atoms with van der Waals surface area (Å²) in [5, 5.41) is 5.57. The van der Waals surface area contributed by atoms with Gasteiger partial charge in [0.2, 0.25) is 23.6 Å². The highest BCUT2D eigenvalue weighted by Crippen LogP contribution is 2.49. The van der Waals surface area contributed by atoms with E-state index in [0.29, 0.717) is 31.5 Å². The summed E-state index contributed by atoms with van der Waals surface area (Å²) >= 11 is 0. The van der Waals surface area contributed by atoms with Crippen molar-refractivity contribution in [3.05, 3.63) is 35.9 Å². The Kier molecular flexibility index (Phi) is 9.70. The van der Waals surface area contributed by atoms with Crippen LogP contribution in [0.1, 0.15) is 45.1 Å². The molecule has 2 aliphatic rings. The van der Waals surface area contributed by atoms with E-state index < -0.39 is 31.7 Å². The molecule has 12 nitrogen and oxygen atoms in total. The molecular weight excluding hydrogens is 515 g/mol. The number of rotatable bonds is 13. The van der Waals surface area contributed by atoms with Gasteiger partial charge in [-0.15, -0.1) is 0 Å². The van der Waals surface area contributed by atoms with Crippen molar-refractivity contribution in [2.75, 3.05) is 13.1 Å². The summed E-state index contributed by atoms with van der Waals surface area (Å²) in [5.41, 5.74) is 5.72. The third-order valence-electron chi connectivity index (χ3n) is 6.45. The van der Waals surface area contributed by atoms with Gasteiger partial charge in [-0.2, -0.15) is 0 Å². The largest absolute Gasteiger partial charge is 0.524 e. The molecule has 1 aromatic carbocycles. The number of amides is 4. The van der Waals surface area contributed by atoms with Crippen LogP contribution in [-0.2, 0) is 23.7 Å². The third kappa shape index (κ3) is 8.68.